The van der Waals surface area contributed by atoms with Crippen LogP contribution >= 0.6 is 0 Å². The van der Waals surface area contributed by atoms with Gasteiger partial charge in [0.15, 0.2) is 0 Å². The molecular weight excluding hydrogens is 338 g/mol. The molecule has 4 rings (SSSR count). The fraction of sp³-hybridized carbons (Fsp3) is 0.333. The van der Waals surface area contributed by atoms with Crippen molar-refractivity contribution in [1.82, 2.24) is 14.7 Å². The van der Waals surface area contributed by atoms with E-state index in [1.165, 1.54) is 5.56 Å². The third-order valence-electron chi connectivity index (χ3n) is 4.56. The summed E-state index contributed by atoms with van der Waals surface area (Å²) >= 11 is 0. The number of aryl methyl sites for hydroxylation is 1. The molecule has 0 aliphatic heterocycles. The molecule has 2 aromatic heterocycles. The van der Waals surface area contributed by atoms with E-state index < -0.39 is 10.8 Å². The van der Waals surface area contributed by atoms with Gasteiger partial charge in [0.25, 0.3) is 0 Å². The van der Waals surface area contributed by atoms with Crippen LogP contribution in [0.4, 0.5) is 0 Å². The van der Waals surface area contributed by atoms with Crippen molar-refractivity contribution in [2.45, 2.75) is 29.7 Å². The quantitative estimate of drug-likeness (QED) is 0.718. The molecule has 0 saturated heterocycles. The number of benzene rings is 1. The van der Waals surface area contributed by atoms with E-state index in [1.54, 1.807) is 25.1 Å². The number of hydrogen-bond acceptors (Lipinski definition) is 5. The summed E-state index contributed by atoms with van der Waals surface area (Å²) < 4.78 is 20.1. The van der Waals surface area contributed by atoms with Crippen LogP contribution in [0.3, 0.4) is 0 Å². The smallest absolute Gasteiger partial charge is 0.235 e. The average molecular weight is 357 g/mol. The zero-order chi connectivity index (χ0) is 17.4. The predicted molar refractivity (Wildman–Crippen MR) is 95.1 cm³/mol. The maximum Gasteiger partial charge on any atom is 0.235 e. The molecule has 0 N–H and O–H groups in total. The Labute approximate surface area is 148 Å². The van der Waals surface area contributed by atoms with Crippen LogP contribution in [-0.2, 0) is 17.2 Å². The fourth-order valence-corrected chi connectivity index (χ4v) is 4.92. The van der Waals surface area contributed by atoms with Gasteiger partial charge in [-0.25, -0.2) is 4.98 Å². The molecular formula is C18H19N3O3S. The van der Waals surface area contributed by atoms with E-state index >= 15 is 0 Å². The van der Waals surface area contributed by atoms with Gasteiger partial charge in [-0.15, -0.1) is 0 Å². The van der Waals surface area contributed by atoms with Crippen LogP contribution < -0.4 is 9.57 Å². The zero-order valence-corrected chi connectivity index (χ0v) is 15.0. The lowest BCUT2D eigenvalue weighted by atomic mass is 9.96. The summed E-state index contributed by atoms with van der Waals surface area (Å²) in [5, 5.41) is 0.242. The van der Waals surface area contributed by atoms with E-state index in [4.69, 9.17) is 9.57 Å². The lowest BCUT2D eigenvalue weighted by Gasteiger charge is -2.23. The first-order chi connectivity index (χ1) is 12.2. The lowest BCUT2D eigenvalue weighted by Crippen LogP contribution is -2.20. The van der Waals surface area contributed by atoms with E-state index in [1.807, 2.05) is 24.3 Å². The van der Waals surface area contributed by atoms with Gasteiger partial charge >= 0.3 is 0 Å². The van der Waals surface area contributed by atoms with Crippen molar-refractivity contribution in [3.63, 3.8) is 0 Å². The molecule has 1 aliphatic carbocycles. The molecule has 6 nitrogen and oxygen atoms in total. The van der Waals surface area contributed by atoms with Crippen molar-refractivity contribution in [1.29, 1.82) is 0 Å². The van der Waals surface area contributed by atoms with Gasteiger partial charge in [0.1, 0.15) is 29.2 Å². The summed E-state index contributed by atoms with van der Waals surface area (Å²) in [4.78, 5) is 14.5. The number of ether oxygens (including phenoxy) is 1. The largest absolute Gasteiger partial charge is 0.497 e. The summed E-state index contributed by atoms with van der Waals surface area (Å²) in [6, 6.07) is 9.51. The number of fused-ring (bicyclic) bond motifs is 2. The Bertz CT molecular complexity index is 954. The minimum Gasteiger partial charge on any atom is -0.497 e. The van der Waals surface area contributed by atoms with Gasteiger partial charge in [-0.2, -0.15) is 4.73 Å². The monoisotopic (exact) mass is 357 g/mol. The number of methoxy groups -OCH3 is 1. The van der Waals surface area contributed by atoms with E-state index in [0.29, 0.717) is 16.4 Å². The first kappa shape index (κ1) is 16.1. The zero-order valence-electron chi connectivity index (χ0n) is 14.1. The summed E-state index contributed by atoms with van der Waals surface area (Å²) in [7, 11) is 1.80. The standard InChI is InChI=1S/C18H19N3O3S/c1-23-13-8-9-15-14(11-13)20-18(21(15)24-2)25(22)16-7-3-5-12-6-4-10-19-17(12)16/h4,6,8-11,16H,3,5,7H2,1-2H3. The second-order valence-corrected chi connectivity index (χ2v) is 7.48. The number of aromatic nitrogens is 3. The van der Waals surface area contributed by atoms with Crippen molar-refractivity contribution in [2.24, 2.45) is 0 Å². The Morgan fingerprint density at radius 2 is 2.16 bits per heavy atom. The summed E-state index contributed by atoms with van der Waals surface area (Å²) in [5.41, 5.74) is 3.55. The third-order valence-corrected chi connectivity index (χ3v) is 6.15. The van der Waals surface area contributed by atoms with Crippen LogP contribution in [0, 0.1) is 0 Å². The Hall–Kier alpha value is -2.41. The molecule has 130 valence electrons. The third kappa shape index (κ3) is 2.68. The molecule has 1 aliphatic rings. The molecule has 0 spiro atoms. The van der Waals surface area contributed by atoms with Gasteiger partial charge < -0.3 is 9.57 Å². The van der Waals surface area contributed by atoms with Crippen LogP contribution in [-0.4, -0.2) is 33.1 Å². The van der Waals surface area contributed by atoms with Crippen LogP contribution in [0.5, 0.6) is 5.75 Å². The molecule has 3 aromatic rings. The molecule has 0 saturated carbocycles. The van der Waals surface area contributed by atoms with Gasteiger partial charge in [-0.1, -0.05) is 6.07 Å². The minimum absolute atomic E-state index is 0.169. The van der Waals surface area contributed by atoms with Crippen LogP contribution in [0.25, 0.3) is 11.0 Å². The van der Waals surface area contributed by atoms with Crippen molar-refractivity contribution >= 4 is 21.8 Å². The second kappa shape index (κ2) is 6.48. The Kier molecular flexibility index (Phi) is 4.17. The molecule has 0 radical (unpaired) electrons. The van der Waals surface area contributed by atoms with Gasteiger partial charge in [0.2, 0.25) is 5.16 Å². The number of pyridine rings is 1. The van der Waals surface area contributed by atoms with Gasteiger partial charge in [0.05, 0.1) is 23.6 Å². The van der Waals surface area contributed by atoms with Crippen LogP contribution in [0.15, 0.2) is 41.7 Å². The fourth-order valence-electron chi connectivity index (χ4n) is 3.35. The Morgan fingerprint density at radius 1 is 1.28 bits per heavy atom. The average Bonchev–Trinajstić information content (AvgIpc) is 3.04. The molecule has 2 atom stereocenters. The van der Waals surface area contributed by atoms with E-state index in [9.17, 15) is 4.21 Å². The summed E-state index contributed by atoms with van der Waals surface area (Å²) in [6.07, 6.45) is 4.57. The highest BCUT2D eigenvalue weighted by Gasteiger charge is 2.31. The Morgan fingerprint density at radius 3 is 2.96 bits per heavy atom. The van der Waals surface area contributed by atoms with Gasteiger partial charge in [-0.3, -0.25) is 9.19 Å². The summed E-state index contributed by atoms with van der Waals surface area (Å²) in [5.74, 6) is 0.704. The number of hydrogen-bond donors (Lipinski definition) is 0. The first-order valence-electron chi connectivity index (χ1n) is 8.18. The first-order valence-corrected chi connectivity index (χ1v) is 9.39. The van der Waals surface area contributed by atoms with Gasteiger partial charge in [0, 0.05) is 12.3 Å². The second-order valence-electron chi connectivity index (χ2n) is 5.95. The molecule has 0 fully saturated rings. The molecule has 25 heavy (non-hydrogen) atoms. The Balaban J connectivity index is 1.81. The molecule has 2 unspecified atom stereocenters. The molecule has 2 heterocycles. The topological polar surface area (TPSA) is 66.2 Å². The van der Waals surface area contributed by atoms with Crippen molar-refractivity contribution < 1.29 is 13.8 Å². The molecule has 0 amide bonds. The van der Waals surface area contributed by atoms with E-state index in [0.717, 1.165) is 30.5 Å². The van der Waals surface area contributed by atoms with Gasteiger partial charge in [-0.05, 0) is 43.0 Å². The number of nitrogens with zero attached hydrogens (tertiary/aromatic N) is 3. The van der Waals surface area contributed by atoms with Crippen molar-refractivity contribution in [2.75, 3.05) is 14.2 Å². The molecule has 7 heteroatoms. The predicted octanol–water partition coefficient (Wildman–Crippen LogP) is 2.68. The number of rotatable bonds is 4. The lowest BCUT2D eigenvalue weighted by molar-refractivity contribution is 0.153. The summed E-state index contributed by atoms with van der Waals surface area (Å²) in [6.45, 7) is 0. The highest BCUT2D eigenvalue weighted by atomic mass is 32.2. The molecule has 1 aromatic carbocycles. The van der Waals surface area contributed by atoms with Crippen molar-refractivity contribution in [3.05, 3.63) is 47.8 Å². The van der Waals surface area contributed by atoms with E-state index in [-0.39, 0.29) is 5.25 Å². The van der Waals surface area contributed by atoms with Crippen LogP contribution in [0.2, 0.25) is 0 Å². The van der Waals surface area contributed by atoms with Crippen LogP contribution in [0.1, 0.15) is 29.3 Å². The van der Waals surface area contributed by atoms with Crippen molar-refractivity contribution in [3.8, 4) is 5.75 Å². The normalized spacial score (nSPS) is 17.9. The highest BCUT2D eigenvalue weighted by Crippen LogP contribution is 2.35. The molecule has 0 bridgehead atoms. The number of imidazole rings is 1. The maximum atomic E-state index is 13.3. The van der Waals surface area contributed by atoms with E-state index in [2.05, 4.69) is 16.0 Å². The maximum absolute atomic E-state index is 13.3. The minimum atomic E-state index is -1.36. The SMILES string of the molecule is COc1ccc2c(c1)nc(S(=O)C1CCCc3cccnc31)n2OC. The highest BCUT2D eigenvalue weighted by molar-refractivity contribution is 7.85.